The van der Waals surface area contributed by atoms with Crippen LogP contribution in [-0.4, -0.2) is 16.6 Å². The monoisotopic (exact) mass is 290 g/mol. The zero-order valence-corrected chi connectivity index (χ0v) is 13.0. The van der Waals surface area contributed by atoms with Crippen molar-refractivity contribution in [3.63, 3.8) is 0 Å². The Bertz CT molecular complexity index is 520. The van der Waals surface area contributed by atoms with Crippen molar-refractivity contribution in [2.45, 2.75) is 76.2 Å². The number of aromatic amines is 1. The Kier molecular flexibility index (Phi) is 4.43. The number of rotatable bonds is 4. The second-order valence-corrected chi connectivity index (χ2v) is 6.49. The maximum absolute atomic E-state index is 12.1. The molecule has 0 atom stereocenters. The van der Waals surface area contributed by atoms with Gasteiger partial charge in [-0.05, 0) is 32.6 Å². The molecular weight excluding hydrogens is 264 g/mol. The third kappa shape index (κ3) is 3.05. The maximum atomic E-state index is 12.1. The lowest BCUT2D eigenvalue weighted by atomic mass is 9.83. The van der Waals surface area contributed by atoms with Crippen LogP contribution in [0.2, 0.25) is 0 Å². The van der Waals surface area contributed by atoms with Crippen LogP contribution in [0.25, 0.3) is 0 Å². The molecule has 1 aromatic rings. The summed E-state index contributed by atoms with van der Waals surface area (Å²) < 4.78 is 6.10. The Balaban J connectivity index is 1.97. The predicted octanol–water partition coefficient (Wildman–Crippen LogP) is 3.62. The molecule has 0 spiro atoms. The SMILES string of the molecule is CCOC1(c2nc(C3CCCC3)cc(=O)[nH]2)CCCCC1. The topological polar surface area (TPSA) is 55.0 Å². The van der Waals surface area contributed by atoms with Gasteiger partial charge >= 0.3 is 0 Å². The highest BCUT2D eigenvalue weighted by Gasteiger charge is 2.37. The first kappa shape index (κ1) is 14.8. The molecular formula is C17H26N2O2. The van der Waals surface area contributed by atoms with Crippen LogP contribution in [-0.2, 0) is 10.3 Å². The van der Waals surface area contributed by atoms with Gasteiger partial charge in [0.15, 0.2) is 0 Å². The second-order valence-electron chi connectivity index (χ2n) is 6.49. The van der Waals surface area contributed by atoms with Gasteiger partial charge in [-0.15, -0.1) is 0 Å². The molecule has 4 heteroatoms. The predicted molar refractivity (Wildman–Crippen MR) is 82.5 cm³/mol. The number of hydrogen-bond acceptors (Lipinski definition) is 3. The normalized spacial score (nSPS) is 22.5. The van der Waals surface area contributed by atoms with Crippen molar-refractivity contribution >= 4 is 0 Å². The molecule has 0 bridgehead atoms. The molecule has 21 heavy (non-hydrogen) atoms. The standard InChI is InChI=1S/C17H26N2O2/c1-2-21-17(10-6-3-7-11-17)16-18-14(12-15(20)19-16)13-8-4-5-9-13/h12-13H,2-11H2,1H3,(H,18,19,20). The van der Waals surface area contributed by atoms with Gasteiger partial charge in [-0.2, -0.15) is 0 Å². The fourth-order valence-corrected chi connectivity index (χ4v) is 3.97. The van der Waals surface area contributed by atoms with E-state index < -0.39 is 0 Å². The second kappa shape index (κ2) is 6.30. The van der Waals surface area contributed by atoms with Gasteiger partial charge < -0.3 is 9.72 Å². The van der Waals surface area contributed by atoms with Crippen LogP contribution >= 0.6 is 0 Å². The van der Waals surface area contributed by atoms with E-state index in [-0.39, 0.29) is 11.2 Å². The number of aromatic nitrogens is 2. The highest BCUT2D eigenvalue weighted by atomic mass is 16.5. The van der Waals surface area contributed by atoms with Gasteiger partial charge in [0.05, 0.1) is 5.69 Å². The fraction of sp³-hybridized carbons (Fsp3) is 0.765. The van der Waals surface area contributed by atoms with Crippen molar-refractivity contribution in [1.29, 1.82) is 0 Å². The Labute approximate surface area is 126 Å². The summed E-state index contributed by atoms with van der Waals surface area (Å²) in [5.41, 5.74) is 0.600. The third-order valence-electron chi connectivity index (χ3n) is 5.05. The van der Waals surface area contributed by atoms with E-state index in [4.69, 9.17) is 9.72 Å². The molecule has 2 saturated carbocycles. The number of nitrogens with zero attached hydrogens (tertiary/aromatic N) is 1. The van der Waals surface area contributed by atoms with Crippen LogP contribution in [0.4, 0.5) is 0 Å². The molecule has 1 aromatic heterocycles. The fourth-order valence-electron chi connectivity index (χ4n) is 3.97. The Morgan fingerprint density at radius 1 is 1.24 bits per heavy atom. The lowest BCUT2D eigenvalue weighted by Gasteiger charge is -2.36. The lowest BCUT2D eigenvalue weighted by Crippen LogP contribution is -2.36. The lowest BCUT2D eigenvalue weighted by molar-refractivity contribution is -0.0770. The van der Waals surface area contributed by atoms with Crippen molar-refractivity contribution < 1.29 is 4.74 Å². The number of hydrogen-bond donors (Lipinski definition) is 1. The maximum Gasteiger partial charge on any atom is 0.251 e. The van der Waals surface area contributed by atoms with E-state index in [0.29, 0.717) is 12.5 Å². The summed E-state index contributed by atoms with van der Waals surface area (Å²) in [6.07, 6.45) is 10.3. The van der Waals surface area contributed by atoms with Crippen LogP contribution in [0, 0.1) is 0 Å². The summed E-state index contributed by atoms with van der Waals surface area (Å²) in [7, 11) is 0. The van der Waals surface area contributed by atoms with E-state index in [0.717, 1.165) is 50.0 Å². The van der Waals surface area contributed by atoms with Gasteiger partial charge in [-0.25, -0.2) is 4.98 Å². The molecule has 2 aliphatic rings. The van der Waals surface area contributed by atoms with Gasteiger partial charge in [-0.3, -0.25) is 4.79 Å². The molecule has 0 aliphatic heterocycles. The Morgan fingerprint density at radius 3 is 2.62 bits per heavy atom. The molecule has 0 aromatic carbocycles. The summed E-state index contributed by atoms with van der Waals surface area (Å²) >= 11 is 0. The molecule has 4 nitrogen and oxygen atoms in total. The smallest absolute Gasteiger partial charge is 0.251 e. The zero-order valence-electron chi connectivity index (χ0n) is 13.0. The highest BCUT2D eigenvalue weighted by molar-refractivity contribution is 5.14. The van der Waals surface area contributed by atoms with Crippen molar-refractivity contribution in [2.75, 3.05) is 6.61 Å². The van der Waals surface area contributed by atoms with Crippen molar-refractivity contribution in [1.82, 2.24) is 9.97 Å². The summed E-state index contributed by atoms with van der Waals surface area (Å²) in [5.74, 6) is 1.24. The van der Waals surface area contributed by atoms with Gasteiger partial charge in [0, 0.05) is 18.6 Å². The highest BCUT2D eigenvalue weighted by Crippen LogP contribution is 2.39. The first-order valence-electron chi connectivity index (χ1n) is 8.49. The summed E-state index contributed by atoms with van der Waals surface area (Å²) in [5, 5.41) is 0. The van der Waals surface area contributed by atoms with Crippen molar-refractivity contribution in [3.8, 4) is 0 Å². The summed E-state index contributed by atoms with van der Waals surface area (Å²) in [6.45, 7) is 2.69. The molecule has 2 aliphatic carbocycles. The largest absolute Gasteiger partial charge is 0.367 e. The molecule has 116 valence electrons. The number of ether oxygens (including phenoxy) is 1. The Hall–Kier alpha value is -1.16. The minimum Gasteiger partial charge on any atom is -0.367 e. The number of nitrogens with one attached hydrogen (secondary N) is 1. The van der Waals surface area contributed by atoms with E-state index in [9.17, 15) is 4.79 Å². The van der Waals surface area contributed by atoms with Gasteiger partial charge in [0.1, 0.15) is 11.4 Å². The van der Waals surface area contributed by atoms with E-state index in [2.05, 4.69) is 4.98 Å². The van der Waals surface area contributed by atoms with Crippen molar-refractivity contribution in [2.24, 2.45) is 0 Å². The van der Waals surface area contributed by atoms with Crippen molar-refractivity contribution in [3.05, 3.63) is 27.9 Å². The van der Waals surface area contributed by atoms with Crippen LogP contribution in [0.15, 0.2) is 10.9 Å². The van der Waals surface area contributed by atoms with E-state index in [1.54, 1.807) is 6.07 Å². The molecule has 0 radical (unpaired) electrons. The minimum atomic E-state index is -0.360. The first-order chi connectivity index (χ1) is 10.2. The van der Waals surface area contributed by atoms with Crippen LogP contribution in [0.5, 0.6) is 0 Å². The molecule has 3 rings (SSSR count). The average molecular weight is 290 g/mol. The Morgan fingerprint density at radius 2 is 1.95 bits per heavy atom. The average Bonchev–Trinajstić information content (AvgIpc) is 3.02. The molecule has 1 N–H and O–H groups in total. The van der Waals surface area contributed by atoms with Crippen LogP contribution in [0.1, 0.15) is 82.1 Å². The van der Waals surface area contributed by atoms with Gasteiger partial charge in [-0.1, -0.05) is 32.1 Å². The zero-order chi connectivity index (χ0) is 14.7. The van der Waals surface area contributed by atoms with Crippen LogP contribution < -0.4 is 5.56 Å². The molecule has 2 fully saturated rings. The summed E-state index contributed by atoms with van der Waals surface area (Å²) in [6, 6.07) is 1.70. The van der Waals surface area contributed by atoms with E-state index >= 15 is 0 Å². The van der Waals surface area contributed by atoms with E-state index in [1.807, 2.05) is 6.92 Å². The number of H-pyrrole nitrogens is 1. The first-order valence-corrected chi connectivity index (χ1v) is 8.49. The molecule has 0 unspecified atom stereocenters. The van der Waals surface area contributed by atoms with E-state index in [1.165, 1.54) is 19.3 Å². The quantitative estimate of drug-likeness (QED) is 0.921. The molecule has 0 saturated heterocycles. The summed E-state index contributed by atoms with van der Waals surface area (Å²) in [4.78, 5) is 19.9. The minimum absolute atomic E-state index is 0.0217. The molecule has 0 amide bonds. The van der Waals surface area contributed by atoms with Crippen LogP contribution in [0.3, 0.4) is 0 Å². The molecule has 1 heterocycles. The third-order valence-corrected chi connectivity index (χ3v) is 5.05. The van der Waals surface area contributed by atoms with Gasteiger partial charge in [0.2, 0.25) is 0 Å². The van der Waals surface area contributed by atoms with Gasteiger partial charge in [0.25, 0.3) is 5.56 Å².